The van der Waals surface area contributed by atoms with Gasteiger partial charge in [-0.15, -0.1) is 0 Å². The minimum absolute atomic E-state index is 0.0134. The molecule has 0 fully saturated rings. The summed E-state index contributed by atoms with van der Waals surface area (Å²) in [5.41, 5.74) is 10.9. The van der Waals surface area contributed by atoms with Crippen LogP contribution < -0.4 is 11.1 Å². The van der Waals surface area contributed by atoms with Crippen molar-refractivity contribution in [2.24, 2.45) is 5.73 Å². The highest BCUT2D eigenvalue weighted by Crippen LogP contribution is 2.46. The summed E-state index contributed by atoms with van der Waals surface area (Å²) in [5.74, 6) is -0.558. The summed E-state index contributed by atoms with van der Waals surface area (Å²) in [7, 11) is 0. The van der Waals surface area contributed by atoms with E-state index in [-0.39, 0.29) is 16.5 Å². The van der Waals surface area contributed by atoms with E-state index in [1.165, 1.54) is 12.1 Å². The average molecular weight is 377 g/mol. The van der Waals surface area contributed by atoms with Crippen LogP contribution in [0.25, 0.3) is 5.70 Å². The molecule has 2 aromatic carbocycles. The molecule has 6 nitrogen and oxygen atoms in total. The number of dihydropyridines is 1. The van der Waals surface area contributed by atoms with Crippen LogP contribution in [0.1, 0.15) is 34.3 Å². The van der Waals surface area contributed by atoms with Crippen LogP contribution in [0.5, 0.6) is 0 Å². The van der Waals surface area contributed by atoms with Gasteiger partial charge in [0.25, 0.3) is 5.69 Å². The molecule has 0 unspecified atom stereocenters. The number of ketones is 1. The Morgan fingerprint density at radius 1 is 1.15 bits per heavy atom. The molecular formula is C20H15N3O3S. The SMILES string of the molecule is CC1=C(C(N)=S)[C@H](c2ccc([N+](=O)[O-])cc2)C2=C(N1)c1ccccc1C2=O. The first-order valence-electron chi connectivity index (χ1n) is 8.30. The smallest absolute Gasteiger partial charge is 0.269 e. The lowest BCUT2D eigenvalue weighted by molar-refractivity contribution is -0.384. The zero-order chi connectivity index (χ0) is 19.3. The molecule has 3 N–H and O–H groups in total. The van der Waals surface area contributed by atoms with E-state index in [1.54, 1.807) is 18.2 Å². The molecule has 2 aromatic rings. The number of fused-ring (bicyclic) bond motifs is 2. The molecule has 0 saturated carbocycles. The van der Waals surface area contributed by atoms with Crippen molar-refractivity contribution in [3.05, 3.63) is 92.2 Å². The van der Waals surface area contributed by atoms with Gasteiger partial charge in [-0.25, -0.2) is 0 Å². The van der Waals surface area contributed by atoms with Crippen LogP contribution >= 0.6 is 12.2 Å². The van der Waals surface area contributed by atoms with E-state index in [9.17, 15) is 14.9 Å². The molecule has 0 aromatic heterocycles. The van der Waals surface area contributed by atoms with Gasteiger partial charge in [0.05, 0.1) is 10.6 Å². The Morgan fingerprint density at radius 3 is 2.37 bits per heavy atom. The van der Waals surface area contributed by atoms with Crippen molar-refractivity contribution in [1.82, 2.24) is 5.32 Å². The number of carbonyl (C=O) groups excluding carboxylic acids is 1. The summed E-state index contributed by atoms with van der Waals surface area (Å²) in [4.78, 5) is 23.9. The third-order valence-corrected chi connectivity index (χ3v) is 5.17. The van der Waals surface area contributed by atoms with Gasteiger partial charge in [0.2, 0.25) is 0 Å². The second kappa shape index (κ2) is 6.14. The number of hydrogen-bond acceptors (Lipinski definition) is 5. The molecule has 2 aliphatic rings. The fraction of sp³-hybridized carbons (Fsp3) is 0.100. The Kier molecular flexibility index (Phi) is 3.89. The molecule has 4 rings (SSSR count). The lowest BCUT2D eigenvalue weighted by atomic mass is 9.80. The van der Waals surface area contributed by atoms with E-state index in [2.05, 4.69) is 5.32 Å². The van der Waals surface area contributed by atoms with Crippen molar-refractivity contribution in [1.29, 1.82) is 0 Å². The maximum absolute atomic E-state index is 13.2. The van der Waals surface area contributed by atoms with Gasteiger partial charge in [0, 0.05) is 46.0 Å². The number of rotatable bonds is 3. The van der Waals surface area contributed by atoms with Crippen LogP contribution in [0.3, 0.4) is 0 Å². The number of Topliss-reactive ketones (excluding diaryl/α,β-unsaturated/α-hetero) is 1. The number of benzene rings is 2. The number of nitrogens with zero attached hydrogens (tertiary/aromatic N) is 1. The lowest BCUT2D eigenvalue weighted by Gasteiger charge is -2.29. The van der Waals surface area contributed by atoms with Crippen molar-refractivity contribution in [3.8, 4) is 0 Å². The average Bonchev–Trinajstić information content (AvgIpc) is 2.93. The van der Waals surface area contributed by atoms with Gasteiger partial charge in [0.1, 0.15) is 4.99 Å². The van der Waals surface area contributed by atoms with Crippen LogP contribution in [-0.2, 0) is 0 Å². The van der Waals surface area contributed by atoms with Crippen molar-refractivity contribution < 1.29 is 9.72 Å². The predicted octanol–water partition coefficient (Wildman–Crippen LogP) is 3.45. The molecule has 0 saturated heterocycles. The molecule has 0 radical (unpaired) electrons. The van der Waals surface area contributed by atoms with Crippen molar-refractivity contribution in [2.75, 3.05) is 0 Å². The molecule has 1 aliphatic carbocycles. The molecule has 27 heavy (non-hydrogen) atoms. The van der Waals surface area contributed by atoms with Crippen LogP contribution in [0.2, 0.25) is 0 Å². The van der Waals surface area contributed by atoms with E-state index in [0.717, 1.165) is 22.5 Å². The number of thiocarbonyl (C=S) groups is 1. The maximum Gasteiger partial charge on any atom is 0.269 e. The second-order valence-electron chi connectivity index (χ2n) is 6.47. The Hall–Kier alpha value is -3.32. The number of hydrogen-bond donors (Lipinski definition) is 2. The molecule has 0 bridgehead atoms. The monoisotopic (exact) mass is 377 g/mol. The molecule has 1 heterocycles. The summed E-state index contributed by atoms with van der Waals surface area (Å²) in [6.45, 7) is 1.86. The van der Waals surface area contributed by atoms with Gasteiger partial charge in [0.15, 0.2) is 5.78 Å². The molecule has 7 heteroatoms. The van der Waals surface area contributed by atoms with Gasteiger partial charge in [-0.2, -0.15) is 0 Å². The van der Waals surface area contributed by atoms with E-state index in [1.807, 2.05) is 25.1 Å². The summed E-state index contributed by atoms with van der Waals surface area (Å²) in [6, 6.07) is 13.6. The predicted molar refractivity (Wildman–Crippen MR) is 106 cm³/mol. The fourth-order valence-electron chi connectivity index (χ4n) is 3.78. The lowest BCUT2D eigenvalue weighted by Crippen LogP contribution is -2.30. The van der Waals surface area contributed by atoms with Gasteiger partial charge in [-0.05, 0) is 12.5 Å². The number of allylic oxidation sites excluding steroid dienone is 2. The minimum Gasteiger partial charge on any atom is -0.390 e. The highest BCUT2D eigenvalue weighted by Gasteiger charge is 2.41. The summed E-state index contributed by atoms with van der Waals surface area (Å²) in [6.07, 6.45) is 0. The number of nitro benzene ring substituents is 1. The first-order chi connectivity index (χ1) is 12.9. The van der Waals surface area contributed by atoms with E-state index in [0.29, 0.717) is 16.7 Å². The normalized spacial score (nSPS) is 18.1. The number of nitrogens with two attached hydrogens (primary N) is 1. The fourth-order valence-corrected chi connectivity index (χ4v) is 4.05. The second-order valence-corrected chi connectivity index (χ2v) is 6.91. The van der Waals surface area contributed by atoms with Crippen LogP contribution in [0.4, 0.5) is 5.69 Å². The number of nitrogens with one attached hydrogen (secondary N) is 1. The highest BCUT2D eigenvalue weighted by atomic mass is 32.1. The van der Waals surface area contributed by atoms with Gasteiger partial charge >= 0.3 is 0 Å². The molecule has 134 valence electrons. The number of nitro groups is 1. The zero-order valence-electron chi connectivity index (χ0n) is 14.4. The van der Waals surface area contributed by atoms with Crippen LogP contribution in [-0.4, -0.2) is 15.7 Å². The van der Waals surface area contributed by atoms with E-state index >= 15 is 0 Å². The first kappa shape index (κ1) is 17.1. The zero-order valence-corrected chi connectivity index (χ0v) is 15.2. The highest BCUT2D eigenvalue weighted by molar-refractivity contribution is 7.80. The Bertz CT molecular complexity index is 1080. The minimum atomic E-state index is -0.473. The summed E-state index contributed by atoms with van der Waals surface area (Å²) < 4.78 is 0. The molecular weight excluding hydrogens is 362 g/mol. The van der Waals surface area contributed by atoms with Gasteiger partial charge in [-0.1, -0.05) is 48.6 Å². The molecule has 1 aliphatic heterocycles. The van der Waals surface area contributed by atoms with Gasteiger partial charge < -0.3 is 11.1 Å². The molecule has 0 spiro atoms. The van der Waals surface area contributed by atoms with E-state index < -0.39 is 10.8 Å². The van der Waals surface area contributed by atoms with Crippen molar-refractivity contribution in [2.45, 2.75) is 12.8 Å². The first-order valence-corrected chi connectivity index (χ1v) is 8.71. The quantitative estimate of drug-likeness (QED) is 0.483. The molecule has 1 atom stereocenters. The summed E-state index contributed by atoms with van der Waals surface area (Å²) >= 11 is 5.26. The Labute approximate surface area is 160 Å². The number of carbonyl (C=O) groups is 1. The van der Waals surface area contributed by atoms with Crippen molar-refractivity contribution >= 4 is 34.4 Å². The standard InChI is InChI=1S/C20H15N3O3S/c1-10-15(20(21)27)16(11-6-8-12(9-7-11)23(25)26)17-18(22-10)13-4-2-3-5-14(13)19(17)24/h2-9,16,22H,1H3,(H2,21,27)/t16-/m0/s1. The third-order valence-electron chi connectivity index (χ3n) is 4.95. The maximum atomic E-state index is 13.2. The van der Waals surface area contributed by atoms with E-state index in [4.69, 9.17) is 18.0 Å². The largest absolute Gasteiger partial charge is 0.390 e. The topological polar surface area (TPSA) is 98.3 Å². The summed E-state index contributed by atoms with van der Waals surface area (Å²) in [5, 5.41) is 14.3. The third kappa shape index (κ3) is 2.55. The van der Waals surface area contributed by atoms with Crippen LogP contribution in [0.15, 0.2) is 65.4 Å². The van der Waals surface area contributed by atoms with Crippen molar-refractivity contribution in [3.63, 3.8) is 0 Å². The number of non-ortho nitro benzene ring substituents is 1. The van der Waals surface area contributed by atoms with Gasteiger partial charge in [-0.3, -0.25) is 14.9 Å². The van der Waals surface area contributed by atoms with Crippen LogP contribution in [0, 0.1) is 10.1 Å². The Morgan fingerprint density at radius 2 is 1.78 bits per heavy atom. The Balaban J connectivity index is 1.92. The molecule has 0 amide bonds.